The molecule has 0 N–H and O–H groups in total. The van der Waals surface area contributed by atoms with Gasteiger partial charge in [0.15, 0.2) is 0 Å². The van der Waals surface area contributed by atoms with E-state index in [1.807, 2.05) is 0 Å². The number of aryl methyl sites for hydroxylation is 2. The quantitative estimate of drug-likeness (QED) is 0.214. The van der Waals surface area contributed by atoms with Crippen molar-refractivity contribution < 1.29 is 4.42 Å². The number of fused-ring (bicyclic) bond motifs is 7. The molecule has 5 aromatic carbocycles. The molecule has 0 aliphatic heterocycles. The van der Waals surface area contributed by atoms with Crippen LogP contribution in [0.2, 0.25) is 0 Å². The van der Waals surface area contributed by atoms with Crippen LogP contribution in [0.25, 0.3) is 33.1 Å². The average molecular weight is 547 g/mol. The summed E-state index contributed by atoms with van der Waals surface area (Å²) in [6, 6.07) is 40.2. The molecule has 8 rings (SSSR count). The van der Waals surface area contributed by atoms with Gasteiger partial charge in [0.25, 0.3) is 0 Å². The zero-order valence-electron chi connectivity index (χ0n) is 25.1. The summed E-state index contributed by atoms with van der Waals surface area (Å²) in [7, 11) is 0. The molecule has 1 spiro atoms. The highest BCUT2D eigenvalue weighted by Crippen LogP contribution is 2.63. The van der Waals surface area contributed by atoms with Crippen LogP contribution in [-0.2, 0) is 29.1 Å². The molecular formula is C41H38O. The molecule has 1 unspecified atom stereocenters. The van der Waals surface area contributed by atoms with E-state index in [1.54, 1.807) is 16.7 Å². The Balaban J connectivity index is 1.21. The van der Waals surface area contributed by atoms with Crippen molar-refractivity contribution in [3.8, 4) is 11.1 Å². The molecule has 208 valence electrons. The molecule has 2 aliphatic carbocycles. The fourth-order valence-corrected chi connectivity index (χ4v) is 9.02. The van der Waals surface area contributed by atoms with Gasteiger partial charge in [-0.05, 0) is 81.5 Å². The average Bonchev–Trinajstić information content (AvgIpc) is 3.57. The summed E-state index contributed by atoms with van der Waals surface area (Å²) < 4.78 is 6.55. The van der Waals surface area contributed by atoms with Gasteiger partial charge in [0.2, 0.25) is 0 Å². The molecule has 1 heterocycles. The van der Waals surface area contributed by atoms with Crippen molar-refractivity contribution in [2.75, 3.05) is 0 Å². The highest BCUT2D eigenvalue weighted by atomic mass is 16.3. The molecule has 0 radical (unpaired) electrons. The molecular weight excluding hydrogens is 508 g/mol. The summed E-state index contributed by atoms with van der Waals surface area (Å²) in [6.07, 6.45) is 4.38. The molecule has 6 aromatic rings. The molecule has 42 heavy (non-hydrogen) atoms. The minimum Gasteiger partial charge on any atom is -0.455 e. The SMILES string of the molecule is CC1(C)CC2(CC(C)(C)c3c(CCc4cccc5oc6c(-c7ccccc7)cccc6c45)cccc32)c2ccccc21. The third-order valence-corrected chi connectivity index (χ3v) is 10.4. The third-order valence-electron chi connectivity index (χ3n) is 10.4. The van der Waals surface area contributed by atoms with Crippen molar-refractivity contribution in [1.82, 2.24) is 0 Å². The maximum atomic E-state index is 6.55. The maximum absolute atomic E-state index is 6.55. The van der Waals surface area contributed by atoms with E-state index in [4.69, 9.17) is 4.42 Å². The molecule has 0 amide bonds. The Labute approximate surface area is 249 Å². The first-order chi connectivity index (χ1) is 20.3. The summed E-state index contributed by atoms with van der Waals surface area (Å²) >= 11 is 0. The Hall–Kier alpha value is -4.10. The monoisotopic (exact) mass is 546 g/mol. The van der Waals surface area contributed by atoms with Gasteiger partial charge in [0, 0.05) is 21.8 Å². The molecule has 2 aliphatic rings. The van der Waals surface area contributed by atoms with Crippen LogP contribution < -0.4 is 0 Å². The van der Waals surface area contributed by atoms with Gasteiger partial charge < -0.3 is 4.42 Å². The Morgan fingerprint density at radius 2 is 1.21 bits per heavy atom. The first kappa shape index (κ1) is 25.6. The Bertz CT molecular complexity index is 1990. The van der Waals surface area contributed by atoms with E-state index in [1.165, 1.54) is 45.9 Å². The zero-order chi connectivity index (χ0) is 28.7. The van der Waals surface area contributed by atoms with E-state index in [2.05, 4.69) is 137 Å². The van der Waals surface area contributed by atoms with Crippen molar-refractivity contribution in [2.24, 2.45) is 0 Å². The van der Waals surface area contributed by atoms with Crippen LogP contribution in [0.5, 0.6) is 0 Å². The van der Waals surface area contributed by atoms with Gasteiger partial charge in [-0.25, -0.2) is 0 Å². The number of rotatable bonds is 4. The lowest BCUT2D eigenvalue weighted by Gasteiger charge is -2.30. The van der Waals surface area contributed by atoms with Crippen LogP contribution >= 0.6 is 0 Å². The van der Waals surface area contributed by atoms with Crippen molar-refractivity contribution in [2.45, 2.75) is 69.6 Å². The number of benzene rings is 5. The van der Waals surface area contributed by atoms with Gasteiger partial charge in [-0.2, -0.15) is 0 Å². The minimum absolute atomic E-state index is 0.101. The van der Waals surface area contributed by atoms with Gasteiger partial charge >= 0.3 is 0 Å². The Morgan fingerprint density at radius 1 is 0.571 bits per heavy atom. The predicted molar refractivity (Wildman–Crippen MR) is 176 cm³/mol. The molecule has 1 atom stereocenters. The number of furan rings is 1. The van der Waals surface area contributed by atoms with Crippen molar-refractivity contribution >= 4 is 21.9 Å². The van der Waals surface area contributed by atoms with E-state index in [9.17, 15) is 0 Å². The number of hydrogen-bond acceptors (Lipinski definition) is 1. The fraction of sp³-hybridized carbons (Fsp3) is 0.268. The predicted octanol–water partition coefficient (Wildman–Crippen LogP) is 10.7. The molecule has 1 heteroatoms. The van der Waals surface area contributed by atoms with Crippen LogP contribution in [0.1, 0.15) is 73.9 Å². The van der Waals surface area contributed by atoms with E-state index in [0.717, 1.165) is 29.6 Å². The lowest BCUT2D eigenvalue weighted by Crippen LogP contribution is -2.26. The highest BCUT2D eigenvalue weighted by Gasteiger charge is 2.56. The fourth-order valence-electron chi connectivity index (χ4n) is 9.02. The highest BCUT2D eigenvalue weighted by molar-refractivity contribution is 6.11. The van der Waals surface area contributed by atoms with Crippen molar-refractivity contribution in [3.63, 3.8) is 0 Å². The molecule has 0 saturated carbocycles. The molecule has 0 bridgehead atoms. The van der Waals surface area contributed by atoms with E-state index >= 15 is 0 Å². The molecule has 0 saturated heterocycles. The smallest absolute Gasteiger partial charge is 0.143 e. The summed E-state index contributed by atoms with van der Waals surface area (Å²) in [5.74, 6) is 0. The molecule has 1 aromatic heterocycles. The third kappa shape index (κ3) is 3.62. The Morgan fingerprint density at radius 3 is 2.05 bits per heavy atom. The summed E-state index contributed by atoms with van der Waals surface area (Å²) in [4.78, 5) is 0. The van der Waals surface area contributed by atoms with Crippen LogP contribution in [0.15, 0.2) is 114 Å². The van der Waals surface area contributed by atoms with Gasteiger partial charge in [0.05, 0.1) is 0 Å². The second kappa shape index (κ2) is 8.95. The van der Waals surface area contributed by atoms with E-state index < -0.39 is 0 Å². The molecule has 0 fully saturated rings. The van der Waals surface area contributed by atoms with Crippen LogP contribution in [-0.4, -0.2) is 0 Å². The summed E-state index contributed by atoms with van der Waals surface area (Å²) in [5, 5.41) is 2.48. The van der Waals surface area contributed by atoms with Crippen LogP contribution in [0.3, 0.4) is 0 Å². The largest absolute Gasteiger partial charge is 0.455 e. The lowest BCUT2D eigenvalue weighted by atomic mass is 9.72. The lowest BCUT2D eigenvalue weighted by molar-refractivity contribution is 0.349. The maximum Gasteiger partial charge on any atom is 0.143 e. The second-order valence-electron chi connectivity index (χ2n) is 14.0. The molecule has 1 nitrogen and oxygen atoms in total. The van der Waals surface area contributed by atoms with Crippen molar-refractivity contribution in [3.05, 3.63) is 143 Å². The van der Waals surface area contributed by atoms with Crippen LogP contribution in [0, 0.1) is 0 Å². The standard InChI is InChI=1S/C41H38O/c1-39(2)25-41(33-20-9-8-19-32(33)39)26-40(3,4)37-29(16-10-21-34(37)41)24-23-28-15-11-22-35-36(28)31-18-12-17-30(38(31)42-35)27-13-6-5-7-14-27/h5-22H,23-26H2,1-4H3. The van der Waals surface area contributed by atoms with E-state index in [-0.39, 0.29) is 16.2 Å². The first-order valence-electron chi connectivity index (χ1n) is 15.5. The topological polar surface area (TPSA) is 13.1 Å². The van der Waals surface area contributed by atoms with Crippen LogP contribution in [0.4, 0.5) is 0 Å². The van der Waals surface area contributed by atoms with Crippen molar-refractivity contribution in [1.29, 1.82) is 0 Å². The normalized spacial score (nSPS) is 19.9. The summed E-state index contributed by atoms with van der Waals surface area (Å²) in [5.41, 5.74) is 13.8. The number of para-hydroxylation sites is 1. The van der Waals surface area contributed by atoms with E-state index in [0.29, 0.717) is 0 Å². The van der Waals surface area contributed by atoms with Gasteiger partial charge in [0.1, 0.15) is 11.2 Å². The minimum atomic E-state index is 0.101. The van der Waals surface area contributed by atoms with Gasteiger partial charge in [-0.15, -0.1) is 0 Å². The first-order valence-corrected chi connectivity index (χ1v) is 15.5. The summed E-state index contributed by atoms with van der Waals surface area (Å²) in [6.45, 7) is 9.84. The number of hydrogen-bond donors (Lipinski definition) is 0. The second-order valence-corrected chi connectivity index (χ2v) is 14.0. The zero-order valence-corrected chi connectivity index (χ0v) is 25.1. The Kier molecular flexibility index (Phi) is 5.45. The van der Waals surface area contributed by atoms with Gasteiger partial charge in [-0.3, -0.25) is 0 Å². The van der Waals surface area contributed by atoms with Gasteiger partial charge in [-0.1, -0.05) is 131 Å².